The van der Waals surface area contributed by atoms with E-state index in [2.05, 4.69) is 4.98 Å². The Morgan fingerprint density at radius 1 is 1.19 bits per heavy atom. The summed E-state index contributed by atoms with van der Waals surface area (Å²) in [6.07, 6.45) is 0. The van der Waals surface area contributed by atoms with Gasteiger partial charge in [-0.05, 0) is 36.8 Å². The van der Waals surface area contributed by atoms with Crippen molar-refractivity contribution in [3.05, 3.63) is 71.4 Å². The minimum atomic E-state index is -0.265. The first-order valence-electron chi connectivity index (χ1n) is 8.20. The third kappa shape index (κ3) is 4.71. The average Bonchev–Trinajstić information content (AvgIpc) is 3.11. The molecule has 0 aliphatic rings. The molecule has 3 aromatic rings. The number of thioether (sulfide) groups is 1. The molecular formula is C20H19FN2OS2. The molecule has 0 saturated carbocycles. The Morgan fingerprint density at radius 2 is 1.88 bits per heavy atom. The van der Waals surface area contributed by atoms with Gasteiger partial charge >= 0.3 is 0 Å². The molecule has 0 N–H and O–H groups in total. The van der Waals surface area contributed by atoms with Crippen LogP contribution in [0.1, 0.15) is 12.5 Å². The van der Waals surface area contributed by atoms with Crippen molar-refractivity contribution in [2.75, 3.05) is 7.05 Å². The zero-order chi connectivity index (χ0) is 18.5. The van der Waals surface area contributed by atoms with Gasteiger partial charge in [0.2, 0.25) is 5.91 Å². The summed E-state index contributed by atoms with van der Waals surface area (Å²) in [6, 6.07) is 16.2. The molecule has 1 amide bonds. The fraction of sp³-hybridized carbons (Fsp3) is 0.200. The highest BCUT2D eigenvalue weighted by atomic mass is 32.2. The van der Waals surface area contributed by atoms with E-state index in [-0.39, 0.29) is 17.0 Å². The van der Waals surface area contributed by atoms with E-state index in [0.29, 0.717) is 6.54 Å². The molecule has 0 spiro atoms. The van der Waals surface area contributed by atoms with Crippen LogP contribution >= 0.6 is 23.1 Å². The van der Waals surface area contributed by atoms with Gasteiger partial charge in [0.25, 0.3) is 0 Å². The van der Waals surface area contributed by atoms with Crippen LogP contribution < -0.4 is 0 Å². The number of carbonyl (C=O) groups excluding carboxylic acids is 1. The van der Waals surface area contributed by atoms with Gasteiger partial charge in [-0.1, -0.05) is 42.1 Å². The molecule has 0 radical (unpaired) electrons. The first kappa shape index (κ1) is 18.6. The maximum atomic E-state index is 13.0. The molecular weight excluding hydrogens is 367 g/mol. The summed E-state index contributed by atoms with van der Waals surface area (Å²) in [5.74, 6) is -0.198. The highest BCUT2D eigenvalue weighted by molar-refractivity contribution is 8.02. The second-order valence-corrected chi connectivity index (χ2v) is 8.39. The van der Waals surface area contributed by atoms with Crippen LogP contribution in [-0.4, -0.2) is 28.1 Å². The van der Waals surface area contributed by atoms with Gasteiger partial charge in [0.15, 0.2) is 4.34 Å². The standard InChI is InChI=1S/C20H19FN2OS2/c1-14(19(24)23(2)12-15-6-4-3-5-7-15)26-20-22-18(13-25-20)16-8-10-17(21)11-9-16/h3-11,13-14H,12H2,1-2H3. The summed E-state index contributed by atoms with van der Waals surface area (Å²) in [5, 5.41) is 1.71. The van der Waals surface area contributed by atoms with Crippen molar-refractivity contribution in [2.45, 2.75) is 23.1 Å². The predicted octanol–water partition coefficient (Wildman–Crippen LogP) is 5.09. The average molecular weight is 387 g/mol. The van der Waals surface area contributed by atoms with E-state index in [1.165, 1.54) is 35.2 Å². The predicted molar refractivity (Wildman–Crippen MR) is 106 cm³/mol. The topological polar surface area (TPSA) is 33.2 Å². The van der Waals surface area contributed by atoms with Gasteiger partial charge in [-0.15, -0.1) is 11.3 Å². The molecule has 1 unspecified atom stereocenters. The summed E-state index contributed by atoms with van der Waals surface area (Å²) in [6.45, 7) is 2.48. The molecule has 0 aliphatic carbocycles. The SMILES string of the molecule is CC(Sc1nc(-c2ccc(F)cc2)cs1)C(=O)N(C)Cc1ccccc1. The second-order valence-electron chi connectivity index (χ2n) is 5.95. The second kappa shape index (κ2) is 8.47. The summed E-state index contributed by atoms with van der Waals surface area (Å²) in [5.41, 5.74) is 2.78. The van der Waals surface area contributed by atoms with Crippen LogP contribution in [0.3, 0.4) is 0 Å². The van der Waals surface area contributed by atoms with Gasteiger partial charge in [-0.3, -0.25) is 4.79 Å². The van der Waals surface area contributed by atoms with E-state index in [9.17, 15) is 9.18 Å². The molecule has 26 heavy (non-hydrogen) atoms. The molecule has 0 aliphatic heterocycles. The fourth-order valence-electron chi connectivity index (χ4n) is 2.51. The molecule has 2 aromatic carbocycles. The van der Waals surface area contributed by atoms with Gasteiger partial charge in [0.1, 0.15) is 5.82 Å². The quantitative estimate of drug-likeness (QED) is 0.553. The maximum Gasteiger partial charge on any atom is 0.235 e. The Hall–Kier alpha value is -2.18. The van der Waals surface area contributed by atoms with Gasteiger partial charge in [0, 0.05) is 24.5 Å². The normalized spacial score (nSPS) is 12.0. The number of amides is 1. The van der Waals surface area contributed by atoms with E-state index in [0.717, 1.165) is 21.2 Å². The van der Waals surface area contributed by atoms with Gasteiger partial charge in [0.05, 0.1) is 10.9 Å². The van der Waals surface area contributed by atoms with Crippen LogP contribution in [0, 0.1) is 5.82 Å². The van der Waals surface area contributed by atoms with E-state index >= 15 is 0 Å². The Morgan fingerprint density at radius 3 is 2.58 bits per heavy atom. The highest BCUT2D eigenvalue weighted by Crippen LogP contribution is 2.31. The van der Waals surface area contributed by atoms with Crippen molar-refractivity contribution in [1.82, 2.24) is 9.88 Å². The van der Waals surface area contributed by atoms with Crippen molar-refractivity contribution in [2.24, 2.45) is 0 Å². The van der Waals surface area contributed by atoms with E-state index in [1.807, 2.05) is 49.7 Å². The smallest absolute Gasteiger partial charge is 0.235 e. The third-order valence-corrected chi connectivity index (χ3v) is 5.95. The summed E-state index contributed by atoms with van der Waals surface area (Å²) in [7, 11) is 1.82. The van der Waals surface area contributed by atoms with Gasteiger partial charge in [-0.25, -0.2) is 9.37 Å². The number of hydrogen-bond donors (Lipinski definition) is 0. The number of benzene rings is 2. The first-order chi connectivity index (χ1) is 12.5. The minimum absolute atomic E-state index is 0.0670. The lowest BCUT2D eigenvalue weighted by molar-refractivity contribution is -0.129. The van der Waals surface area contributed by atoms with Crippen LogP contribution in [0.15, 0.2) is 64.3 Å². The van der Waals surface area contributed by atoms with Crippen molar-refractivity contribution in [3.63, 3.8) is 0 Å². The molecule has 0 fully saturated rings. The number of aromatic nitrogens is 1. The van der Waals surface area contributed by atoms with Crippen molar-refractivity contribution < 1.29 is 9.18 Å². The van der Waals surface area contributed by atoms with Crippen molar-refractivity contribution in [3.8, 4) is 11.3 Å². The zero-order valence-electron chi connectivity index (χ0n) is 14.6. The van der Waals surface area contributed by atoms with Crippen LogP contribution in [0.4, 0.5) is 4.39 Å². The number of carbonyl (C=O) groups is 1. The molecule has 1 aromatic heterocycles. The summed E-state index contributed by atoms with van der Waals surface area (Å²) >= 11 is 2.95. The van der Waals surface area contributed by atoms with Crippen LogP contribution in [-0.2, 0) is 11.3 Å². The first-order valence-corrected chi connectivity index (χ1v) is 9.96. The fourth-order valence-corrected chi connectivity index (χ4v) is 4.60. The summed E-state index contributed by atoms with van der Waals surface area (Å²) in [4.78, 5) is 18.9. The highest BCUT2D eigenvalue weighted by Gasteiger charge is 2.20. The number of nitrogens with zero attached hydrogens (tertiary/aromatic N) is 2. The monoisotopic (exact) mass is 386 g/mol. The van der Waals surface area contributed by atoms with E-state index < -0.39 is 0 Å². The lowest BCUT2D eigenvalue weighted by Crippen LogP contribution is -2.32. The molecule has 1 atom stereocenters. The molecule has 0 bridgehead atoms. The van der Waals surface area contributed by atoms with E-state index in [4.69, 9.17) is 0 Å². The number of hydrogen-bond acceptors (Lipinski definition) is 4. The molecule has 3 nitrogen and oxygen atoms in total. The number of halogens is 1. The Kier molecular flexibility index (Phi) is 6.06. The molecule has 6 heteroatoms. The lowest BCUT2D eigenvalue weighted by Gasteiger charge is -2.20. The van der Waals surface area contributed by atoms with Gasteiger partial charge < -0.3 is 4.90 Å². The Bertz CT molecular complexity index is 865. The van der Waals surface area contributed by atoms with Crippen molar-refractivity contribution >= 4 is 29.0 Å². The van der Waals surface area contributed by atoms with Crippen LogP contribution in [0.2, 0.25) is 0 Å². The van der Waals surface area contributed by atoms with Crippen molar-refractivity contribution in [1.29, 1.82) is 0 Å². The third-order valence-electron chi connectivity index (χ3n) is 3.89. The Labute approximate surface area is 160 Å². The summed E-state index contributed by atoms with van der Waals surface area (Å²) < 4.78 is 13.9. The minimum Gasteiger partial charge on any atom is -0.340 e. The number of rotatable bonds is 6. The van der Waals surface area contributed by atoms with Gasteiger partial charge in [-0.2, -0.15) is 0 Å². The molecule has 3 rings (SSSR count). The number of thiazole rings is 1. The lowest BCUT2D eigenvalue weighted by atomic mass is 10.2. The van der Waals surface area contributed by atoms with Crippen LogP contribution in [0.25, 0.3) is 11.3 Å². The largest absolute Gasteiger partial charge is 0.340 e. The molecule has 1 heterocycles. The Balaban J connectivity index is 1.61. The van der Waals surface area contributed by atoms with Crippen LogP contribution in [0.5, 0.6) is 0 Å². The van der Waals surface area contributed by atoms with E-state index in [1.54, 1.807) is 17.0 Å². The molecule has 134 valence electrons. The molecule has 0 saturated heterocycles. The zero-order valence-corrected chi connectivity index (χ0v) is 16.2. The maximum absolute atomic E-state index is 13.0.